The Kier molecular flexibility index (Phi) is 5.67. The van der Waals surface area contributed by atoms with Crippen LogP contribution in [0.5, 0.6) is 5.75 Å². The highest BCUT2D eigenvalue weighted by Crippen LogP contribution is 2.27. The predicted molar refractivity (Wildman–Crippen MR) is 107 cm³/mol. The molecule has 0 aromatic heterocycles. The Balaban J connectivity index is 1.87. The number of hydrogen-bond donors (Lipinski definition) is 0. The number of ether oxygens (including phenoxy) is 2. The van der Waals surface area contributed by atoms with E-state index in [4.69, 9.17) is 9.47 Å². The molecule has 0 radical (unpaired) electrons. The van der Waals surface area contributed by atoms with Gasteiger partial charge in [0.15, 0.2) is 0 Å². The van der Waals surface area contributed by atoms with Crippen LogP contribution in [-0.2, 0) is 21.4 Å². The number of nitrogens with zero attached hydrogens (tertiary/aromatic N) is 1. The van der Waals surface area contributed by atoms with E-state index in [1.807, 2.05) is 42.5 Å². The lowest BCUT2D eigenvalue weighted by Gasteiger charge is -2.15. The van der Waals surface area contributed by atoms with E-state index in [1.165, 1.54) is 39.4 Å². The zero-order valence-corrected chi connectivity index (χ0v) is 16.7. The van der Waals surface area contributed by atoms with Crippen LogP contribution in [0.25, 0.3) is 10.8 Å². The first-order chi connectivity index (χ1) is 13.3. The Morgan fingerprint density at radius 2 is 1.71 bits per heavy atom. The van der Waals surface area contributed by atoms with Crippen LogP contribution in [0.3, 0.4) is 0 Å². The number of sulfonamides is 1. The smallest absolute Gasteiger partial charge is 0.338 e. The highest BCUT2D eigenvalue weighted by molar-refractivity contribution is 7.89. The van der Waals surface area contributed by atoms with Crippen molar-refractivity contribution in [1.29, 1.82) is 0 Å². The molecule has 3 rings (SSSR count). The summed E-state index contributed by atoms with van der Waals surface area (Å²) in [5.41, 5.74) is 1.02. The minimum Gasteiger partial charge on any atom is -0.495 e. The van der Waals surface area contributed by atoms with Crippen LogP contribution in [-0.4, -0.2) is 39.9 Å². The zero-order chi connectivity index (χ0) is 20.3. The third kappa shape index (κ3) is 3.85. The number of esters is 1. The lowest BCUT2D eigenvalue weighted by atomic mass is 10.1. The molecule has 0 aliphatic heterocycles. The summed E-state index contributed by atoms with van der Waals surface area (Å²) in [5, 5.41) is 2.06. The Morgan fingerprint density at radius 3 is 2.43 bits per heavy atom. The van der Waals surface area contributed by atoms with Gasteiger partial charge in [0.1, 0.15) is 17.3 Å². The summed E-state index contributed by atoms with van der Waals surface area (Å²) >= 11 is 0. The SMILES string of the molecule is COc1ccc(C(=O)OCc2cccc3ccccc23)cc1S(=O)(=O)N(C)C. The molecule has 0 fully saturated rings. The van der Waals surface area contributed by atoms with Gasteiger partial charge >= 0.3 is 5.97 Å². The number of benzene rings is 3. The molecule has 0 saturated carbocycles. The van der Waals surface area contributed by atoms with Gasteiger partial charge in [0.25, 0.3) is 0 Å². The van der Waals surface area contributed by atoms with Crippen molar-refractivity contribution in [3.8, 4) is 5.75 Å². The summed E-state index contributed by atoms with van der Waals surface area (Å²) in [6.07, 6.45) is 0. The summed E-state index contributed by atoms with van der Waals surface area (Å²) in [6, 6.07) is 17.8. The van der Waals surface area contributed by atoms with Gasteiger partial charge in [0.05, 0.1) is 12.7 Å². The molecule has 0 atom stereocenters. The molecule has 146 valence electrons. The number of carbonyl (C=O) groups excluding carboxylic acids is 1. The van der Waals surface area contributed by atoms with E-state index < -0.39 is 16.0 Å². The minimum absolute atomic E-state index is 0.0837. The molecule has 0 spiro atoms. The van der Waals surface area contributed by atoms with Gasteiger partial charge in [-0.2, -0.15) is 0 Å². The highest BCUT2D eigenvalue weighted by atomic mass is 32.2. The maximum Gasteiger partial charge on any atom is 0.338 e. The van der Waals surface area contributed by atoms with Crippen molar-refractivity contribution in [3.05, 3.63) is 71.8 Å². The second-order valence-electron chi connectivity index (χ2n) is 6.37. The van der Waals surface area contributed by atoms with E-state index in [0.717, 1.165) is 20.6 Å². The standard InChI is InChI=1S/C21H21NO5S/c1-22(2)28(24,25)20-13-16(11-12-19(20)26-3)21(23)27-14-17-9-6-8-15-7-4-5-10-18(15)17/h4-13H,14H2,1-3H3. The molecule has 6 nitrogen and oxygen atoms in total. The Morgan fingerprint density at radius 1 is 1.00 bits per heavy atom. The van der Waals surface area contributed by atoms with E-state index in [0.29, 0.717) is 0 Å². The molecule has 3 aromatic carbocycles. The van der Waals surface area contributed by atoms with E-state index in [-0.39, 0.29) is 22.8 Å². The second-order valence-corrected chi connectivity index (χ2v) is 8.49. The Bertz CT molecular complexity index is 1120. The number of carbonyl (C=O) groups is 1. The fourth-order valence-electron chi connectivity index (χ4n) is 2.85. The lowest BCUT2D eigenvalue weighted by molar-refractivity contribution is 0.0474. The Hall–Kier alpha value is -2.90. The van der Waals surface area contributed by atoms with Gasteiger partial charge in [-0.05, 0) is 34.5 Å². The monoisotopic (exact) mass is 399 g/mol. The molecular weight excluding hydrogens is 378 g/mol. The van der Waals surface area contributed by atoms with Crippen LogP contribution in [0.2, 0.25) is 0 Å². The third-order valence-corrected chi connectivity index (χ3v) is 6.23. The average Bonchev–Trinajstić information content (AvgIpc) is 2.71. The van der Waals surface area contributed by atoms with Crippen LogP contribution in [0, 0.1) is 0 Å². The fraction of sp³-hybridized carbons (Fsp3) is 0.190. The first-order valence-corrected chi connectivity index (χ1v) is 10.0. The van der Waals surface area contributed by atoms with Gasteiger partial charge in [-0.15, -0.1) is 0 Å². The van der Waals surface area contributed by atoms with Gasteiger partial charge in [-0.3, -0.25) is 0 Å². The van der Waals surface area contributed by atoms with E-state index >= 15 is 0 Å². The quantitative estimate of drug-likeness (QED) is 0.594. The summed E-state index contributed by atoms with van der Waals surface area (Å²) in [6.45, 7) is 0.0853. The normalized spacial score (nSPS) is 11.6. The molecule has 0 aliphatic carbocycles. The van der Waals surface area contributed by atoms with E-state index in [1.54, 1.807) is 0 Å². The Labute approximate surface area is 164 Å². The first kappa shape index (κ1) is 19.9. The topological polar surface area (TPSA) is 72.9 Å². The molecule has 0 amide bonds. The molecule has 7 heteroatoms. The van der Waals surface area contributed by atoms with Gasteiger partial charge in [0, 0.05) is 14.1 Å². The molecule has 28 heavy (non-hydrogen) atoms. The predicted octanol–water partition coefficient (Wildman–Crippen LogP) is 3.46. The summed E-state index contributed by atoms with van der Waals surface area (Å²) in [5.74, 6) is -0.440. The van der Waals surface area contributed by atoms with Crippen molar-refractivity contribution in [2.45, 2.75) is 11.5 Å². The maximum atomic E-state index is 12.5. The van der Waals surface area contributed by atoms with Crippen molar-refractivity contribution in [2.75, 3.05) is 21.2 Å². The highest BCUT2D eigenvalue weighted by Gasteiger charge is 2.24. The zero-order valence-electron chi connectivity index (χ0n) is 15.9. The molecule has 0 N–H and O–H groups in total. The summed E-state index contributed by atoms with van der Waals surface area (Å²) < 4.78 is 36.6. The number of rotatable bonds is 6. The van der Waals surface area contributed by atoms with Crippen LogP contribution >= 0.6 is 0 Å². The number of fused-ring (bicyclic) bond motifs is 1. The number of methoxy groups -OCH3 is 1. The molecule has 0 aliphatic rings. The van der Waals surface area contributed by atoms with Gasteiger partial charge in [-0.25, -0.2) is 17.5 Å². The van der Waals surface area contributed by atoms with Gasteiger partial charge < -0.3 is 9.47 Å². The summed E-state index contributed by atoms with van der Waals surface area (Å²) in [7, 11) is 0.440. The molecule has 0 bridgehead atoms. The van der Waals surface area contributed by atoms with Crippen molar-refractivity contribution in [1.82, 2.24) is 4.31 Å². The summed E-state index contributed by atoms with van der Waals surface area (Å²) in [4.78, 5) is 12.4. The molecule has 0 unspecified atom stereocenters. The van der Waals surface area contributed by atoms with E-state index in [2.05, 4.69) is 0 Å². The average molecular weight is 399 g/mol. The van der Waals surface area contributed by atoms with Crippen molar-refractivity contribution in [2.24, 2.45) is 0 Å². The lowest BCUT2D eigenvalue weighted by Crippen LogP contribution is -2.23. The molecule has 0 saturated heterocycles. The first-order valence-electron chi connectivity index (χ1n) is 8.59. The number of hydrogen-bond acceptors (Lipinski definition) is 5. The molecule has 3 aromatic rings. The van der Waals surface area contributed by atoms with Crippen LogP contribution in [0.15, 0.2) is 65.6 Å². The van der Waals surface area contributed by atoms with Crippen LogP contribution in [0.1, 0.15) is 15.9 Å². The van der Waals surface area contributed by atoms with Gasteiger partial charge in [0.2, 0.25) is 10.0 Å². The van der Waals surface area contributed by atoms with Crippen molar-refractivity contribution < 1.29 is 22.7 Å². The largest absolute Gasteiger partial charge is 0.495 e. The van der Waals surface area contributed by atoms with Gasteiger partial charge in [-0.1, -0.05) is 42.5 Å². The minimum atomic E-state index is -3.77. The van der Waals surface area contributed by atoms with Crippen molar-refractivity contribution in [3.63, 3.8) is 0 Å². The van der Waals surface area contributed by atoms with E-state index in [9.17, 15) is 13.2 Å². The van der Waals surface area contributed by atoms with Crippen molar-refractivity contribution >= 4 is 26.8 Å². The molecular formula is C21H21NO5S. The third-order valence-electron chi connectivity index (χ3n) is 4.40. The van der Waals surface area contributed by atoms with Crippen LogP contribution < -0.4 is 4.74 Å². The van der Waals surface area contributed by atoms with Crippen LogP contribution in [0.4, 0.5) is 0 Å². The molecule has 0 heterocycles. The maximum absolute atomic E-state index is 12.5. The fourth-order valence-corrected chi connectivity index (χ4v) is 3.92. The second kappa shape index (κ2) is 8.00.